The van der Waals surface area contributed by atoms with Crippen molar-refractivity contribution in [3.8, 4) is 0 Å². The number of esters is 3. The van der Waals surface area contributed by atoms with Gasteiger partial charge in [-0.1, -0.05) is 227 Å². The summed E-state index contributed by atoms with van der Waals surface area (Å²) >= 11 is 0. The van der Waals surface area contributed by atoms with E-state index in [1.165, 1.54) is 122 Å². The monoisotopic (exact) mass is 987 g/mol. The summed E-state index contributed by atoms with van der Waals surface area (Å²) in [7, 11) is 0. The molecule has 6 heteroatoms. The average Bonchev–Trinajstić information content (AvgIpc) is 3.37. The third kappa shape index (κ3) is 57.1. The van der Waals surface area contributed by atoms with Crippen molar-refractivity contribution >= 4 is 17.9 Å². The van der Waals surface area contributed by atoms with Crippen molar-refractivity contribution < 1.29 is 28.6 Å². The van der Waals surface area contributed by atoms with Gasteiger partial charge in [0.1, 0.15) is 13.2 Å². The van der Waals surface area contributed by atoms with Crippen LogP contribution in [-0.4, -0.2) is 37.2 Å². The fourth-order valence-electron chi connectivity index (χ4n) is 8.01. The van der Waals surface area contributed by atoms with Crippen molar-refractivity contribution in [1.29, 1.82) is 0 Å². The van der Waals surface area contributed by atoms with Crippen LogP contribution in [-0.2, 0) is 28.6 Å². The van der Waals surface area contributed by atoms with Gasteiger partial charge in [-0.2, -0.15) is 0 Å². The number of ether oxygens (including phenoxy) is 3. The van der Waals surface area contributed by atoms with Crippen LogP contribution in [0.2, 0.25) is 0 Å². The highest BCUT2D eigenvalue weighted by molar-refractivity contribution is 5.71. The maximum absolute atomic E-state index is 12.9. The largest absolute Gasteiger partial charge is 0.462 e. The zero-order chi connectivity index (χ0) is 51.4. The highest BCUT2D eigenvalue weighted by Gasteiger charge is 2.19. The molecule has 0 aromatic carbocycles. The molecule has 0 aromatic heterocycles. The van der Waals surface area contributed by atoms with Gasteiger partial charge in [-0.3, -0.25) is 14.4 Å². The van der Waals surface area contributed by atoms with Gasteiger partial charge in [0.2, 0.25) is 0 Å². The number of unbranched alkanes of at least 4 members (excludes halogenated alkanes) is 26. The molecule has 0 radical (unpaired) electrons. The summed E-state index contributed by atoms with van der Waals surface area (Å²) in [5.74, 6) is -0.942. The molecule has 6 nitrogen and oxygen atoms in total. The Morgan fingerprint density at radius 3 is 0.803 bits per heavy atom. The van der Waals surface area contributed by atoms with E-state index >= 15 is 0 Å². The number of hydrogen-bond donors (Lipinski definition) is 0. The van der Waals surface area contributed by atoms with Gasteiger partial charge < -0.3 is 14.2 Å². The van der Waals surface area contributed by atoms with Gasteiger partial charge >= 0.3 is 17.9 Å². The Bertz CT molecular complexity index is 1410. The second kappa shape index (κ2) is 58.9. The van der Waals surface area contributed by atoms with E-state index in [0.29, 0.717) is 19.3 Å². The lowest BCUT2D eigenvalue weighted by Gasteiger charge is -2.18. The van der Waals surface area contributed by atoms with Gasteiger partial charge in [0.25, 0.3) is 0 Å². The molecule has 0 fully saturated rings. The second-order valence-corrected chi connectivity index (χ2v) is 19.5. The quantitative estimate of drug-likeness (QED) is 0.0261. The highest BCUT2D eigenvalue weighted by atomic mass is 16.6. The predicted octanol–water partition coefficient (Wildman–Crippen LogP) is 20.1. The Kier molecular flexibility index (Phi) is 55.9. The molecule has 0 unspecified atom stereocenters. The van der Waals surface area contributed by atoms with Crippen LogP contribution in [0, 0.1) is 0 Å². The summed E-state index contributed by atoms with van der Waals surface area (Å²) in [6.45, 7) is 6.53. The zero-order valence-electron chi connectivity index (χ0n) is 46.5. The third-order valence-corrected chi connectivity index (χ3v) is 12.5. The summed E-state index contributed by atoms with van der Waals surface area (Å²) in [4.78, 5) is 38.2. The first-order chi connectivity index (χ1) is 35.0. The standard InChI is InChI=1S/C65H110O6/c1-4-7-10-13-16-19-22-25-28-30-32-34-37-39-42-45-48-51-54-57-63(66)69-60-62(71-65(68)59-56-53-50-47-44-41-36-27-24-21-18-15-12-9-6-3)61-70-64(67)58-55-52-49-46-43-40-38-35-33-31-29-26-23-20-17-14-11-8-5-2/h16-21,25-29,32,34,36,39,42,62H,4-15,22-24,30-31,33,35,37-38,40-41,43-61H2,1-3H3/b19-16-,20-17-,21-18-,28-25-,29-26-,34-32-,36-27-,42-39-/t62-/m1/s1. The number of hydrogen-bond acceptors (Lipinski definition) is 6. The Labute approximate surface area is 438 Å². The molecule has 71 heavy (non-hydrogen) atoms. The topological polar surface area (TPSA) is 78.9 Å². The summed E-state index contributed by atoms with van der Waals surface area (Å²) in [6, 6.07) is 0. The molecule has 0 saturated heterocycles. The molecule has 0 bridgehead atoms. The number of allylic oxidation sites excluding steroid dienone is 16. The van der Waals surface area contributed by atoms with Gasteiger partial charge in [0.05, 0.1) is 0 Å². The summed E-state index contributed by atoms with van der Waals surface area (Å²) in [6.07, 6.45) is 78.2. The normalized spacial score (nSPS) is 12.8. The van der Waals surface area contributed by atoms with Crippen LogP contribution >= 0.6 is 0 Å². The van der Waals surface area contributed by atoms with Crippen molar-refractivity contribution in [1.82, 2.24) is 0 Å². The van der Waals surface area contributed by atoms with E-state index in [0.717, 1.165) is 116 Å². The lowest BCUT2D eigenvalue weighted by molar-refractivity contribution is -0.167. The van der Waals surface area contributed by atoms with E-state index in [2.05, 4.69) is 118 Å². The van der Waals surface area contributed by atoms with Crippen molar-refractivity contribution in [2.45, 2.75) is 284 Å². The van der Waals surface area contributed by atoms with Crippen LogP contribution in [0.15, 0.2) is 97.2 Å². The first kappa shape index (κ1) is 67.3. The fourth-order valence-corrected chi connectivity index (χ4v) is 8.01. The molecule has 0 amide bonds. The summed E-state index contributed by atoms with van der Waals surface area (Å²) < 4.78 is 16.9. The van der Waals surface area contributed by atoms with E-state index in [9.17, 15) is 14.4 Å². The molecule has 0 aliphatic carbocycles. The van der Waals surface area contributed by atoms with E-state index in [1.807, 2.05) is 0 Å². The second-order valence-electron chi connectivity index (χ2n) is 19.5. The Morgan fingerprint density at radius 2 is 0.507 bits per heavy atom. The van der Waals surface area contributed by atoms with Crippen molar-refractivity contribution in [2.75, 3.05) is 13.2 Å². The maximum atomic E-state index is 12.9. The maximum Gasteiger partial charge on any atom is 0.306 e. The molecule has 0 spiro atoms. The lowest BCUT2D eigenvalue weighted by Crippen LogP contribution is -2.30. The molecular weight excluding hydrogens is 877 g/mol. The first-order valence-corrected chi connectivity index (χ1v) is 29.7. The van der Waals surface area contributed by atoms with Crippen LogP contribution in [0.25, 0.3) is 0 Å². The predicted molar refractivity (Wildman–Crippen MR) is 307 cm³/mol. The van der Waals surface area contributed by atoms with Crippen LogP contribution in [0.3, 0.4) is 0 Å². The lowest BCUT2D eigenvalue weighted by atomic mass is 10.1. The van der Waals surface area contributed by atoms with Crippen LogP contribution in [0.1, 0.15) is 278 Å². The third-order valence-electron chi connectivity index (χ3n) is 12.5. The zero-order valence-corrected chi connectivity index (χ0v) is 46.5. The summed E-state index contributed by atoms with van der Waals surface area (Å²) in [5, 5.41) is 0. The van der Waals surface area contributed by atoms with Crippen LogP contribution in [0.5, 0.6) is 0 Å². The fraction of sp³-hybridized carbons (Fsp3) is 0.708. The van der Waals surface area contributed by atoms with Crippen molar-refractivity contribution in [3.05, 3.63) is 97.2 Å². The van der Waals surface area contributed by atoms with Crippen molar-refractivity contribution in [3.63, 3.8) is 0 Å². The molecule has 0 rings (SSSR count). The minimum atomic E-state index is -0.802. The average molecular weight is 988 g/mol. The van der Waals surface area contributed by atoms with Crippen LogP contribution < -0.4 is 0 Å². The highest BCUT2D eigenvalue weighted by Crippen LogP contribution is 2.14. The van der Waals surface area contributed by atoms with E-state index < -0.39 is 6.10 Å². The SMILES string of the molecule is CCCCC/C=C\C/C=C\C/C=C\C/C=C\CCCCCC(=O)OC[C@H](COC(=O)CCCCCCCCCCC/C=C\C/C=C\CCCCC)OC(=O)CCCCCCC/C=C\C/C=C\CCCCC. The summed E-state index contributed by atoms with van der Waals surface area (Å²) in [5.41, 5.74) is 0. The number of carbonyl (C=O) groups is 3. The van der Waals surface area contributed by atoms with Gasteiger partial charge in [-0.15, -0.1) is 0 Å². The smallest absolute Gasteiger partial charge is 0.306 e. The van der Waals surface area contributed by atoms with Crippen LogP contribution in [0.4, 0.5) is 0 Å². The molecule has 0 aromatic rings. The molecule has 0 aliphatic heterocycles. The van der Waals surface area contributed by atoms with E-state index in [-0.39, 0.29) is 31.1 Å². The Balaban J connectivity index is 4.46. The number of carbonyl (C=O) groups excluding carboxylic acids is 3. The number of rotatable bonds is 53. The van der Waals surface area contributed by atoms with Gasteiger partial charge in [0.15, 0.2) is 6.10 Å². The van der Waals surface area contributed by atoms with E-state index in [4.69, 9.17) is 14.2 Å². The molecule has 0 aliphatic rings. The Hall–Kier alpha value is -3.67. The minimum Gasteiger partial charge on any atom is -0.462 e. The molecule has 1 atom stereocenters. The molecule has 0 saturated carbocycles. The van der Waals surface area contributed by atoms with E-state index in [1.54, 1.807) is 0 Å². The van der Waals surface area contributed by atoms with Gasteiger partial charge in [0, 0.05) is 19.3 Å². The van der Waals surface area contributed by atoms with Gasteiger partial charge in [-0.05, 0) is 128 Å². The molecule has 0 N–H and O–H groups in total. The van der Waals surface area contributed by atoms with Crippen molar-refractivity contribution in [2.24, 2.45) is 0 Å². The molecular formula is C65H110O6. The Morgan fingerprint density at radius 1 is 0.282 bits per heavy atom. The minimum absolute atomic E-state index is 0.0962. The molecule has 0 heterocycles. The molecule has 406 valence electrons. The van der Waals surface area contributed by atoms with Gasteiger partial charge in [-0.25, -0.2) is 0 Å². The first-order valence-electron chi connectivity index (χ1n) is 29.7.